The molecule has 0 aliphatic heterocycles. The molecule has 96 valence electrons. The minimum absolute atomic E-state index is 0.126. The second-order valence-electron chi connectivity index (χ2n) is 4.76. The summed E-state index contributed by atoms with van der Waals surface area (Å²) in [5, 5.41) is 0. The van der Waals surface area contributed by atoms with Crippen molar-refractivity contribution >= 4 is 16.9 Å². The standard InChI is InChI=1S/C15H14FN3/c1-9-8-14(17)18-13-7-6-12(19-15(9)13)10-2-4-11(16)5-3-10/h2,4-8,10H,3H2,1H3,(H2,17,18)/t10-/m0/s1. The monoisotopic (exact) mass is 255 g/mol. The first-order chi connectivity index (χ1) is 9.13. The highest BCUT2D eigenvalue weighted by atomic mass is 19.1. The Labute approximate surface area is 110 Å². The highest BCUT2D eigenvalue weighted by molar-refractivity contribution is 5.79. The quantitative estimate of drug-likeness (QED) is 0.849. The lowest BCUT2D eigenvalue weighted by atomic mass is 9.96. The van der Waals surface area contributed by atoms with Crippen LogP contribution in [-0.2, 0) is 0 Å². The van der Waals surface area contributed by atoms with E-state index in [1.54, 1.807) is 6.08 Å². The predicted molar refractivity (Wildman–Crippen MR) is 74.4 cm³/mol. The molecule has 2 aromatic rings. The molecule has 0 bridgehead atoms. The van der Waals surface area contributed by atoms with E-state index in [-0.39, 0.29) is 11.7 Å². The van der Waals surface area contributed by atoms with E-state index in [2.05, 4.69) is 9.97 Å². The van der Waals surface area contributed by atoms with Crippen LogP contribution in [0.1, 0.15) is 23.6 Å². The smallest absolute Gasteiger partial charge is 0.124 e. The molecule has 0 fully saturated rings. The number of fused-ring (bicyclic) bond motifs is 1. The molecule has 4 heteroatoms. The van der Waals surface area contributed by atoms with Gasteiger partial charge in [-0.1, -0.05) is 6.08 Å². The molecule has 2 N–H and O–H groups in total. The number of hydrogen-bond donors (Lipinski definition) is 1. The van der Waals surface area contributed by atoms with Crippen LogP contribution in [0.3, 0.4) is 0 Å². The molecule has 2 heterocycles. The molecule has 0 amide bonds. The lowest BCUT2D eigenvalue weighted by Gasteiger charge is -2.14. The molecular formula is C15H14FN3. The van der Waals surface area contributed by atoms with Crippen molar-refractivity contribution < 1.29 is 4.39 Å². The number of nitrogens with zero attached hydrogens (tertiary/aromatic N) is 2. The normalized spacial score (nSPS) is 18.6. The first-order valence-corrected chi connectivity index (χ1v) is 6.21. The molecule has 19 heavy (non-hydrogen) atoms. The Balaban J connectivity index is 2.05. The van der Waals surface area contributed by atoms with Crippen LogP contribution in [0.25, 0.3) is 11.0 Å². The second kappa shape index (κ2) is 4.46. The number of allylic oxidation sites excluding steroid dienone is 4. The molecule has 1 aliphatic carbocycles. The Kier molecular flexibility index (Phi) is 2.78. The topological polar surface area (TPSA) is 51.8 Å². The summed E-state index contributed by atoms with van der Waals surface area (Å²) >= 11 is 0. The molecule has 0 saturated heterocycles. The summed E-state index contributed by atoms with van der Waals surface area (Å²) in [5.74, 6) is 0.450. The van der Waals surface area contributed by atoms with Crippen LogP contribution in [0.5, 0.6) is 0 Å². The molecule has 2 aromatic heterocycles. The van der Waals surface area contributed by atoms with Crippen molar-refractivity contribution in [3.8, 4) is 0 Å². The lowest BCUT2D eigenvalue weighted by Crippen LogP contribution is -2.02. The minimum Gasteiger partial charge on any atom is -0.384 e. The van der Waals surface area contributed by atoms with E-state index < -0.39 is 0 Å². The third-order valence-electron chi connectivity index (χ3n) is 3.32. The molecule has 1 atom stereocenters. The molecular weight excluding hydrogens is 241 g/mol. The van der Waals surface area contributed by atoms with Crippen molar-refractivity contribution in [1.82, 2.24) is 9.97 Å². The van der Waals surface area contributed by atoms with Gasteiger partial charge < -0.3 is 5.73 Å². The van der Waals surface area contributed by atoms with Crippen LogP contribution < -0.4 is 5.73 Å². The summed E-state index contributed by atoms with van der Waals surface area (Å²) in [6, 6.07) is 5.67. The number of halogens is 1. The van der Waals surface area contributed by atoms with Crippen molar-refractivity contribution in [1.29, 1.82) is 0 Å². The highest BCUT2D eigenvalue weighted by Crippen LogP contribution is 2.27. The van der Waals surface area contributed by atoms with E-state index in [0.29, 0.717) is 12.2 Å². The summed E-state index contributed by atoms with van der Waals surface area (Å²) in [6.45, 7) is 1.97. The van der Waals surface area contributed by atoms with Crippen LogP contribution in [-0.4, -0.2) is 9.97 Å². The summed E-state index contributed by atoms with van der Waals surface area (Å²) in [7, 11) is 0. The van der Waals surface area contributed by atoms with E-state index in [4.69, 9.17) is 5.73 Å². The van der Waals surface area contributed by atoms with Gasteiger partial charge in [0.25, 0.3) is 0 Å². The largest absolute Gasteiger partial charge is 0.384 e. The van der Waals surface area contributed by atoms with Gasteiger partial charge in [-0.2, -0.15) is 0 Å². The van der Waals surface area contributed by atoms with E-state index in [9.17, 15) is 4.39 Å². The first kappa shape index (κ1) is 11.8. The average Bonchev–Trinajstić information content (AvgIpc) is 2.39. The van der Waals surface area contributed by atoms with Gasteiger partial charge in [0, 0.05) is 11.6 Å². The van der Waals surface area contributed by atoms with Crippen molar-refractivity contribution in [3.05, 3.63) is 53.5 Å². The van der Waals surface area contributed by atoms with Gasteiger partial charge in [-0.05, 0) is 49.3 Å². The molecule has 0 saturated carbocycles. The van der Waals surface area contributed by atoms with E-state index in [1.165, 1.54) is 6.08 Å². The third-order valence-corrected chi connectivity index (χ3v) is 3.32. The van der Waals surface area contributed by atoms with Crippen molar-refractivity contribution in [2.45, 2.75) is 19.3 Å². The SMILES string of the molecule is Cc1cc(N)nc2ccc([C@H]3C=CC(F)=CC3)nc12. The van der Waals surface area contributed by atoms with Gasteiger partial charge in [0.15, 0.2) is 0 Å². The van der Waals surface area contributed by atoms with Crippen molar-refractivity contribution in [2.75, 3.05) is 5.73 Å². The van der Waals surface area contributed by atoms with E-state index in [0.717, 1.165) is 22.3 Å². The van der Waals surface area contributed by atoms with Gasteiger partial charge in [-0.25, -0.2) is 9.37 Å². The molecule has 0 unspecified atom stereocenters. The van der Waals surface area contributed by atoms with Crippen molar-refractivity contribution in [3.63, 3.8) is 0 Å². The molecule has 3 rings (SSSR count). The maximum atomic E-state index is 13.0. The van der Waals surface area contributed by atoms with Gasteiger partial charge in [-0.15, -0.1) is 0 Å². The van der Waals surface area contributed by atoms with Gasteiger partial charge in [0.05, 0.1) is 11.0 Å². The fourth-order valence-corrected chi connectivity index (χ4v) is 2.33. The molecule has 1 aliphatic rings. The summed E-state index contributed by atoms with van der Waals surface area (Å²) in [4.78, 5) is 8.90. The molecule has 3 nitrogen and oxygen atoms in total. The average molecular weight is 255 g/mol. The molecule has 0 aromatic carbocycles. The maximum absolute atomic E-state index is 13.0. The second-order valence-corrected chi connectivity index (χ2v) is 4.76. The summed E-state index contributed by atoms with van der Waals surface area (Å²) in [5.41, 5.74) is 9.31. The van der Waals surface area contributed by atoms with Crippen molar-refractivity contribution in [2.24, 2.45) is 0 Å². The van der Waals surface area contributed by atoms with Crippen LogP contribution >= 0.6 is 0 Å². The van der Waals surface area contributed by atoms with Crippen LogP contribution in [0.2, 0.25) is 0 Å². The number of aryl methyl sites for hydroxylation is 1. The Morgan fingerprint density at radius 2 is 2.16 bits per heavy atom. The fourth-order valence-electron chi connectivity index (χ4n) is 2.33. The zero-order valence-electron chi connectivity index (χ0n) is 10.6. The van der Waals surface area contributed by atoms with Gasteiger partial charge in [0.2, 0.25) is 0 Å². The molecule has 0 radical (unpaired) electrons. The summed E-state index contributed by atoms with van der Waals surface area (Å²) < 4.78 is 13.0. The number of hydrogen-bond acceptors (Lipinski definition) is 3. The van der Waals surface area contributed by atoms with E-state index >= 15 is 0 Å². The third kappa shape index (κ3) is 2.21. The van der Waals surface area contributed by atoms with Crippen LogP contribution in [0.4, 0.5) is 10.2 Å². The highest BCUT2D eigenvalue weighted by Gasteiger charge is 2.14. The first-order valence-electron chi connectivity index (χ1n) is 6.21. The molecule has 0 spiro atoms. The van der Waals surface area contributed by atoms with Gasteiger partial charge >= 0.3 is 0 Å². The number of nitrogens with two attached hydrogens (primary N) is 1. The minimum atomic E-state index is -0.178. The van der Waals surface area contributed by atoms with Gasteiger partial charge in [0.1, 0.15) is 11.6 Å². The number of pyridine rings is 2. The number of aromatic nitrogens is 2. The lowest BCUT2D eigenvalue weighted by molar-refractivity contribution is 0.641. The van der Waals surface area contributed by atoms with Crippen LogP contribution in [0, 0.1) is 6.92 Å². The van der Waals surface area contributed by atoms with Crippen LogP contribution in [0.15, 0.2) is 42.3 Å². The zero-order valence-corrected chi connectivity index (χ0v) is 10.6. The maximum Gasteiger partial charge on any atom is 0.124 e. The predicted octanol–water partition coefficient (Wildman–Crippen LogP) is 3.42. The number of rotatable bonds is 1. The number of anilines is 1. The number of nitrogen functional groups attached to an aromatic ring is 1. The summed E-state index contributed by atoms with van der Waals surface area (Å²) in [6.07, 6.45) is 5.57. The Morgan fingerprint density at radius 3 is 2.89 bits per heavy atom. The Hall–Kier alpha value is -2.23. The Morgan fingerprint density at radius 1 is 1.32 bits per heavy atom. The van der Waals surface area contributed by atoms with Gasteiger partial charge in [-0.3, -0.25) is 4.98 Å². The fraction of sp³-hybridized carbons (Fsp3) is 0.200. The zero-order chi connectivity index (χ0) is 13.4. The van der Waals surface area contributed by atoms with E-state index in [1.807, 2.05) is 31.2 Å². The Bertz CT molecular complexity index is 704.